The van der Waals surface area contributed by atoms with E-state index in [2.05, 4.69) is 58.2 Å². The molecule has 38 heavy (non-hydrogen) atoms. The maximum absolute atomic E-state index is 14.2. The standard InChI is InChI=1S/C33H30FN4/c1-22-5-4-6-28(37-21-25-9-7-24(20-35)8-10-25)19-29(33(22)27-11-13-30(34)23(2)17-27)26-12-14-31-32(18-26)38(3)16-15-36-31/h6-19,37H,4-5,21H2,1-3H3/q+1. The topological polar surface area (TPSA) is 52.6 Å². The van der Waals surface area contributed by atoms with Gasteiger partial charge < -0.3 is 5.32 Å². The van der Waals surface area contributed by atoms with Crippen molar-refractivity contribution >= 4 is 22.2 Å². The predicted molar refractivity (Wildman–Crippen MR) is 150 cm³/mol. The zero-order valence-corrected chi connectivity index (χ0v) is 21.9. The third kappa shape index (κ3) is 5.26. The molecular weight excluding hydrogens is 471 g/mol. The largest absolute Gasteiger partial charge is 0.381 e. The van der Waals surface area contributed by atoms with E-state index < -0.39 is 0 Å². The molecule has 3 aromatic carbocycles. The van der Waals surface area contributed by atoms with Crippen LogP contribution in [-0.4, -0.2) is 4.98 Å². The molecule has 1 aliphatic rings. The van der Waals surface area contributed by atoms with Crippen molar-refractivity contribution in [3.8, 4) is 6.07 Å². The molecular formula is C33H30FN4+. The number of allylic oxidation sites excluding steroid dienone is 5. The van der Waals surface area contributed by atoms with Crippen LogP contribution in [0.1, 0.15) is 47.6 Å². The second-order valence-corrected chi connectivity index (χ2v) is 9.78. The van der Waals surface area contributed by atoms with Gasteiger partial charge in [0.1, 0.15) is 18.4 Å². The minimum atomic E-state index is -0.197. The highest BCUT2D eigenvalue weighted by Gasteiger charge is 2.19. The van der Waals surface area contributed by atoms with Crippen molar-refractivity contribution in [3.05, 3.63) is 130 Å². The zero-order valence-electron chi connectivity index (χ0n) is 21.9. The van der Waals surface area contributed by atoms with E-state index in [0.717, 1.165) is 57.4 Å². The van der Waals surface area contributed by atoms with Crippen molar-refractivity contribution in [2.24, 2.45) is 7.05 Å². The third-order valence-electron chi connectivity index (χ3n) is 7.08. The molecule has 0 saturated carbocycles. The fourth-order valence-electron chi connectivity index (χ4n) is 4.92. The van der Waals surface area contributed by atoms with Gasteiger partial charge in [0.05, 0.1) is 17.8 Å². The molecule has 5 heteroatoms. The van der Waals surface area contributed by atoms with Crippen molar-refractivity contribution in [3.63, 3.8) is 0 Å². The molecule has 0 spiro atoms. The smallest absolute Gasteiger partial charge is 0.231 e. The monoisotopic (exact) mass is 501 g/mol. The van der Waals surface area contributed by atoms with E-state index in [1.165, 1.54) is 5.57 Å². The van der Waals surface area contributed by atoms with Crippen molar-refractivity contribution in [1.82, 2.24) is 10.3 Å². The first kappa shape index (κ1) is 25.1. The molecule has 0 radical (unpaired) electrons. The van der Waals surface area contributed by atoms with E-state index in [4.69, 9.17) is 5.26 Å². The maximum atomic E-state index is 14.2. The number of aromatic nitrogens is 2. The lowest BCUT2D eigenvalue weighted by Gasteiger charge is -2.21. The fraction of sp³-hybridized carbons (Fsp3) is 0.182. The number of halogens is 1. The van der Waals surface area contributed by atoms with Crippen molar-refractivity contribution in [1.29, 1.82) is 5.26 Å². The normalized spacial score (nSPS) is 13.9. The summed E-state index contributed by atoms with van der Waals surface area (Å²) in [5.41, 5.74) is 10.9. The number of fused-ring (bicyclic) bond motifs is 1. The first-order valence-corrected chi connectivity index (χ1v) is 12.8. The highest BCUT2D eigenvalue weighted by molar-refractivity contribution is 6.07. The van der Waals surface area contributed by atoms with Crippen LogP contribution >= 0.6 is 0 Å². The number of nitrogens with one attached hydrogen (secondary N) is 1. The van der Waals surface area contributed by atoms with Gasteiger partial charge in [0.2, 0.25) is 5.52 Å². The lowest BCUT2D eigenvalue weighted by Crippen LogP contribution is -2.28. The Bertz CT molecular complexity index is 1650. The van der Waals surface area contributed by atoms with E-state index in [9.17, 15) is 4.39 Å². The molecule has 4 aromatic rings. The van der Waals surface area contributed by atoms with Crippen LogP contribution in [0.25, 0.3) is 22.2 Å². The highest BCUT2D eigenvalue weighted by atomic mass is 19.1. The lowest BCUT2D eigenvalue weighted by molar-refractivity contribution is -0.645. The van der Waals surface area contributed by atoms with Crippen LogP contribution in [0.15, 0.2) is 96.5 Å². The quantitative estimate of drug-likeness (QED) is 0.310. The Hall–Kier alpha value is -4.56. The van der Waals surface area contributed by atoms with Gasteiger partial charge >= 0.3 is 0 Å². The Labute approximate surface area is 223 Å². The number of rotatable bonds is 5. The molecule has 1 N–H and O–H groups in total. The summed E-state index contributed by atoms with van der Waals surface area (Å²) in [6.45, 7) is 4.63. The molecule has 0 saturated heterocycles. The van der Waals surface area contributed by atoms with E-state index in [-0.39, 0.29) is 5.82 Å². The Morgan fingerprint density at radius 3 is 2.58 bits per heavy atom. The molecule has 0 atom stereocenters. The van der Waals surface area contributed by atoms with Gasteiger partial charge in [-0.3, -0.25) is 0 Å². The molecule has 0 bridgehead atoms. The molecule has 0 unspecified atom stereocenters. The van der Waals surface area contributed by atoms with Gasteiger partial charge in [-0.05, 0) is 96.5 Å². The third-order valence-corrected chi connectivity index (χ3v) is 7.08. The number of aryl methyl sites for hydroxylation is 2. The van der Waals surface area contributed by atoms with E-state index in [1.807, 2.05) is 62.8 Å². The minimum absolute atomic E-state index is 0.197. The van der Waals surface area contributed by atoms with Crippen molar-refractivity contribution in [2.45, 2.75) is 33.2 Å². The van der Waals surface area contributed by atoms with E-state index in [0.29, 0.717) is 17.7 Å². The maximum Gasteiger partial charge on any atom is 0.231 e. The Kier molecular flexibility index (Phi) is 7.15. The number of nitriles is 1. The summed E-state index contributed by atoms with van der Waals surface area (Å²) < 4.78 is 16.3. The average Bonchev–Trinajstić information content (AvgIpc) is 2.92. The summed E-state index contributed by atoms with van der Waals surface area (Å²) in [7, 11) is 2.02. The van der Waals surface area contributed by atoms with Crippen LogP contribution in [-0.2, 0) is 13.6 Å². The van der Waals surface area contributed by atoms with Gasteiger partial charge in [-0.25, -0.2) is 9.37 Å². The first-order chi connectivity index (χ1) is 18.4. The Balaban J connectivity index is 1.62. The van der Waals surface area contributed by atoms with E-state index >= 15 is 0 Å². The molecule has 0 aliphatic heterocycles. The Morgan fingerprint density at radius 1 is 1.03 bits per heavy atom. The van der Waals surface area contributed by atoms with Gasteiger partial charge in [-0.2, -0.15) is 9.83 Å². The van der Waals surface area contributed by atoms with Gasteiger partial charge in [0.15, 0.2) is 6.20 Å². The molecule has 0 amide bonds. The molecule has 1 aromatic heterocycles. The summed E-state index contributed by atoms with van der Waals surface area (Å²) in [6, 6.07) is 21.6. The Morgan fingerprint density at radius 2 is 1.82 bits per heavy atom. The minimum Gasteiger partial charge on any atom is -0.381 e. The zero-order chi connectivity index (χ0) is 26.6. The summed E-state index contributed by atoms with van der Waals surface area (Å²) in [5.74, 6) is -0.197. The van der Waals surface area contributed by atoms with Crippen molar-refractivity contribution in [2.75, 3.05) is 0 Å². The number of nitrogens with zero attached hydrogens (tertiary/aromatic N) is 3. The highest BCUT2D eigenvalue weighted by Crippen LogP contribution is 2.38. The van der Waals surface area contributed by atoms with Crippen LogP contribution in [0.5, 0.6) is 0 Å². The average molecular weight is 502 g/mol. The lowest BCUT2D eigenvalue weighted by atomic mass is 9.85. The summed E-state index contributed by atoms with van der Waals surface area (Å²) in [6.07, 6.45) is 10.00. The predicted octanol–water partition coefficient (Wildman–Crippen LogP) is 6.70. The molecule has 0 fully saturated rings. The molecule has 5 rings (SSSR count). The van der Waals surface area contributed by atoms with Crippen molar-refractivity contribution < 1.29 is 8.96 Å². The molecule has 1 heterocycles. The van der Waals surface area contributed by atoms with Gasteiger partial charge in [0, 0.05) is 18.3 Å². The van der Waals surface area contributed by atoms with Crippen LogP contribution in [0.2, 0.25) is 0 Å². The summed E-state index contributed by atoms with van der Waals surface area (Å²) in [4.78, 5) is 4.53. The van der Waals surface area contributed by atoms with Gasteiger partial charge in [-0.15, -0.1) is 0 Å². The second-order valence-electron chi connectivity index (χ2n) is 9.78. The molecule has 4 nitrogen and oxygen atoms in total. The van der Waals surface area contributed by atoms with Gasteiger partial charge in [0.25, 0.3) is 0 Å². The fourth-order valence-corrected chi connectivity index (χ4v) is 4.92. The van der Waals surface area contributed by atoms with Gasteiger partial charge in [-0.1, -0.05) is 35.9 Å². The van der Waals surface area contributed by atoms with Crippen LogP contribution < -0.4 is 9.88 Å². The molecule has 188 valence electrons. The van der Waals surface area contributed by atoms with E-state index in [1.54, 1.807) is 6.07 Å². The summed E-state index contributed by atoms with van der Waals surface area (Å²) >= 11 is 0. The second kappa shape index (κ2) is 10.8. The molecule has 1 aliphatic carbocycles. The van der Waals surface area contributed by atoms with Crippen LogP contribution in [0, 0.1) is 24.1 Å². The van der Waals surface area contributed by atoms with Crippen LogP contribution in [0.3, 0.4) is 0 Å². The first-order valence-electron chi connectivity index (χ1n) is 12.8. The van der Waals surface area contributed by atoms with Crippen LogP contribution in [0.4, 0.5) is 4.39 Å². The number of hydrogen-bond acceptors (Lipinski definition) is 3. The summed E-state index contributed by atoms with van der Waals surface area (Å²) in [5, 5.41) is 12.7. The number of benzene rings is 3. The number of hydrogen-bond donors (Lipinski definition) is 1. The SMILES string of the molecule is CC1=C(c2ccc(F)c(C)c2)C(c2ccc3ncc[n+](C)c3c2)=CC(NCc2ccc(C#N)cc2)=CCC1.